The molecule has 0 spiro atoms. The maximum absolute atomic E-state index is 5.38. The van der Waals surface area contributed by atoms with Crippen LogP contribution in [0.4, 0.5) is 0 Å². The lowest BCUT2D eigenvalue weighted by molar-refractivity contribution is 0.292. The lowest BCUT2D eigenvalue weighted by Crippen LogP contribution is -2.43. The van der Waals surface area contributed by atoms with E-state index in [4.69, 9.17) is 8.57 Å². The summed E-state index contributed by atoms with van der Waals surface area (Å²) in [4.78, 5) is 1.08. The zero-order valence-electron chi connectivity index (χ0n) is 10.8. The molecule has 2 heterocycles. The Labute approximate surface area is 114 Å². The molecular weight excluding hydrogens is 260 g/mol. The van der Waals surface area contributed by atoms with E-state index >= 15 is 0 Å². The molecule has 19 heavy (non-hydrogen) atoms. The van der Waals surface area contributed by atoms with Crippen LogP contribution in [0.5, 0.6) is 0 Å². The van der Waals surface area contributed by atoms with E-state index in [9.17, 15) is 0 Å². The second-order valence-electron chi connectivity index (χ2n) is 5.74. The average Bonchev–Trinajstić information content (AvgIpc) is 2.96. The van der Waals surface area contributed by atoms with Crippen molar-refractivity contribution in [2.45, 2.75) is 26.2 Å². The molecule has 5 heteroatoms. The maximum atomic E-state index is 5.38. The molecule has 2 aliphatic heterocycles. The summed E-state index contributed by atoms with van der Waals surface area (Å²) in [6, 6.07) is 10.5. The van der Waals surface area contributed by atoms with Crippen LogP contribution >= 0.6 is 11.0 Å². The number of hydrogen-bond acceptors (Lipinski definition) is 4. The number of rotatable bonds is 1. The first-order valence-electron chi connectivity index (χ1n) is 6.33. The van der Waals surface area contributed by atoms with Crippen LogP contribution in [0.2, 0.25) is 0 Å². The predicted octanol–water partition coefficient (Wildman–Crippen LogP) is 3.24. The molecule has 98 valence electrons. The number of oxime groups is 2. The summed E-state index contributed by atoms with van der Waals surface area (Å²) in [7, 11) is 0. The van der Waals surface area contributed by atoms with Crippen molar-refractivity contribution in [3.8, 4) is 0 Å². The molecule has 1 saturated carbocycles. The first kappa shape index (κ1) is 11.2. The van der Waals surface area contributed by atoms with Crippen molar-refractivity contribution < 1.29 is 8.57 Å². The summed E-state index contributed by atoms with van der Waals surface area (Å²) < 4.78 is 10.7. The van der Waals surface area contributed by atoms with Gasteiger partial charge in [-0.1, -0.05) is 54.5 Å². The summed E-state index contributed by atoms with van der Waals surface area (Å²) in [5.74, 6) is 0.238. The third-order valence-electron chi connectivity index (χ3n) is 3.89. The van der Waals surface area contributed by atoms with Gasteiger partial charge in [-0.15, -0.1) is 0 Å². The highest BCUT2D eigenvalue weighted by Gasteiger charge is 2.49. The van der Waals surface area contributed by atoms with E-state index < -0.39 is 11.0 Å². The monoisotopic (exact) mass is 274 g/mol. The molecule has 0 radical (unpaired) electrons. The molecule has 4 rings (SSSR count). The zero-order valence-corrected chi connectivity index (χ0v) is 11.6. The Morgan fingerprint density at radius 1 is 1.16 bits per heavy atom. The zero-order chi connectivity index (χ0) is 13.0. The second kappa shape index (κ2) is 3.70. The quantitative estimate of drug-likeness (QED) is 0.738. The highest BCUT2D eigenvalue weighted by molar-refractivity contribution is 8.10. The number of hydrogen-bond donors (Lipinski definition) is 0. The van der Waals surface area contributed by atoms with Crippen LogP contribution in [0.25, 0.3) is 0 Å². The minimum atomic E-state index is -0.695. The lowest BCUT2D eigenvalue weighted by atomic mass is 9.64. The Balaban J connectivity index is 1.88. The van der Waals surface area contributed by atoms with Crippen LogP contribution in [-0.2, 0) is 8.57 Å². The molecule has 3 aliphatic rings. The molecule has 0 aromatic heterocycles. The van der Waals surface area contributed by atoms with E-state index in [1.54, 1.807) is 0 Å². The van der Waals surface area contributed by atoms with E-state index in [2.05, 4.69) is 48.4 Å². The van der Waals surface area contributed by atoms with Gasteiger partial charge in [-0.2, -0.15) is 0 Å². The predicted molar refractivity (Wildman–Crippen MR) is 77.2 cm³/mol. The van der Waals surface area contributed by atoms with Crippen LogP contribution < -0.4 is 0 Å². The van der Waals surface area contributed by atoms with Crippen molar-refractivity contribution in [1.82, 2.24) is 0 Å². The highest BCUT2D eigenvalue weighted by atomic mass is 32.2. The molecule has 1 fully saturated rings. The van der Waals surface area contributed by atoms with Gasteiger partial charge >= 0.3 is 0 Å². The van der Waals surface area contributed by atoms with Gasteiger partial charge in [0.15, 0.2) is 0 Å². The highest BCUT2D eigenvalue weighted by Crippen LogP contribution is 2.49. The van der Waals surface area contributed by atoms with Gasteiger partial charge < -0.3 is 0 Å². The van der Waals surface area contributed by atoms with Gasteiger partial charge in [-0.3, -0.25) is 8.57 Å². The summed E-state index contributed by atoms with van der Waals surface area (Å²) >= 11 is -0.695. The Kier molecular flexibility index (Phi) is 2.18. The van der Waals surface area contributed by atoms with Gasteiger partial charge in [0.05, 0.1) is 0 Å². The summed E-state index contributed by atoms with van der Waals surface area (Å²) in [6.07, 6.45) is 0.897. The van der Waals surface area contributed by atoms with Crippen molar-refractivity contribution >= 4 is 27.3 Å². The maximum Gasteiger partial charge on any atom is 0.248 e. The lowest BCUT2D eigenvalue weighted by Gasteiger charge is -2.38. The van der Waals surface area contributed by atoms with Gasteiger partial charge in [-0.05, 0) is 11.0 Å². The Bertz CT molecular complexity index is 647. The van der Waals surface area contributed by atoms with Crippen LogP contribution in [0.1, 0.15) is 31.7 Å². The molecule has 0 saturated heterocycles. The minimum Gasteiger partial charge on any atom is -0.288 e. The van der Waals surface area contributed by atoms with Gasteiger partial charge in [0.25, 0.3) is 0 Å². The minimum absolute atomic E-state index is 0.0545. The molecule has 0 amide bonds. The summed E-state index contributed by atoms with van der Waals surface area (Å²) in [6.45, 7) is 4.50. The smallest absolute Gasteiger partial charge is 0.248 e. The first-order chi connectivity index (χ1) is 9.17. The molecule has 0 bridgehead atoms. The van der Waals surface area contributed by atoms with Crippen molar-refractivity contribution in [3.63, 3.8) is 0 Å². The van der Waals surface area contributed by atoms with Crippen molar-refractivity contribution in [2.75, 3.05) is 0 Å². The molecule has 2 atom stereocenters. The van der Waals surface area contributed by atoms with Gasteiger partial charge in [0.2, 0.25) is 11.0 Å². The molecule has 1 aliphatic carbocycles. The molecule has 0 N–H and O–H groups in total. The largest absolute Gasteiger partial charge is 0.288 e. The Hall–Kier alpha value is -1.62. The first-order valence-corrected chi connectivity index (χ1v) is 7.41. The Morgan fingerprint density at radius 2 is 1.89 bits per heavy atom. The van der Waals surface area contributed by atoms with Crippen LogP contribution in [0.15, 0.2) is 40.6 Å². The van der Waals surface area contributed by atoms with Crippen LogP contribution in [-0.4, -0.2) is 16.3 Å². The molecule has 4 nitrogen and oxygen atoms in total. The fraction of sp³-hybridized carbons (Fsp3) is 0.357. The average molecular weight is 274 g/mol. The molecule has 2 unspecified atom stereocenters. The standard InChI is InChI=1S/C14H14N2O2S/c1-14(2)8-10-13-12(16-18-19(13)17-15-10)11(14)9-6-4-3-5-7-9/h3-7,11H,8H2,1-2H3. The van der Waals surface area contributed by atoms with Gasteiger partial charge in [-0.25, -0.2) is 0 Å². The summed E-state index contributed by atoms with van der Waals surface area (Å²) in [5.41, 5.74) is 3.34. The fourth-order valence-corrected chi connectivity index (χ4v) is 4.22. The third-order valence-corrected chi connectivity index (χ3v) is 5.09. The van der Waals surface area contributed by atoms with E-state index in [-0.39, 0.29) is 11.3 Å². The fourth-order valence-electron chi connectivity index (χ4n) is 3.11. The van der Waals surface area contributed by atoms with E-state index in [1.807, 2.05) is 6.07 Å². The van der Waals surface area contributed by atoms with Crippen LogP contribution in [0.3, 0.4) is 0 Å². The molecule has 1 aromatic carbocycles. The summed E-state index contributed by atoms with van der Waals surface area (Å²) in [5, 5.41) is 8.43. The van der Waals surface area contributed by atoms with Crippen molar-refractivity contribution in [1.29, 1.82) is 0 Å². The normalized spacial score (nSPS) is 30.1. The van der Waals surface area contributed by atoms with Crippen molar-refractivity contribution in [3.05, 3.63) is 35.9 Å². The number of benzene rings is 1. The second-order valence-corrected chi connectivity index (χ2v) is 6.91. The van der Waals surface area contributed by atoms with Crippen LogP contribution in [0, 0.1) is 5.41 Å². The topological polar surface area (TPSA) is 43.2 Å². The SMILES string of the molecule is CC1(C)CC2=NOS3=C2C(=NO3)C1c1ccccc1. The van der Waals surface area contributed by atoms with E-state index in [0.29, 0.717) is 0 Å². The molecule has 1 aromatic rings. The third kappa shape index (κ3) is 1.51. The molecular formula is C14H14N2O2S. The van der Waals surface area contributed by atoms with E-state index in [1.165, 1.54) is 5.56 Å². The van der Waals surface area contributed by atoms with E-state index in [0.717, 1.165) is 22.7 Å². The van der Waals surface area contributed by atoms with Gasteiger partial charge in [0.1, 0.15) is 16.3 Å². The van der Waals surface area contributed by atoms with Crippen molar-refractivity contribution in [2.24, 2.45) is 15.7 Å². The number of nitrogens with zero attached hydrogens (tertiary/aromatic N) is 2. The van der Waals surface area contributed by atoms with Gasteiger partial charge in [0, 0.05) is 12.3 Å². The Morgan fingerprint density at radius 3 is 2.68 bits per heavy atom.